The van der Waals surface area contributed by atoms with E-state index in [-0.39, 0.29) is 33.2 Å². The van der Waals surface area contributed by atoms with Gasteiger partial charge in [-0.25, -0.2) is 0 Å². The zero-order chi connectivity index (χ0) is 11.3. The number of carbonyl (C=O) groups excluding carboxylic acids is 2. The van der Waals surface area contributed by atoms with Crippen molar-refractivity contribution >= 4 is 11.9 Å². The standard InChI is InChI=1S/C10H18N2O3.2CH4/c1-15-9(13)6-5-8(11)10(14)12-7-3-2-4-7;;/h7-8H,2-6,11H2,1H3,(H,12,14);2*1H4. The van der Waals surface area contributed by atoms with Gasteiger partial charge in [-0.1, -0.05) is 14.9 Å². The Hall–Kier alpha value is -1.10. The molecule has 1 saturated carbocycles. The monoisotopic (exact) mass is 246 g/mol. The molecule has 1 atom stereocenters. The highest BCUT2D eigenvalue weighted by Gasteiger charge is 2.22. The first kappa shape index (κ1) is 18.3. The van der Waals surface area contributed by atoms with Crippen LogP contribution in [0.25, 0.3) is 0 Å². The molecule has 17 heavy (non-hydrogen) atoms. The van der Waals surface area contributed by atoms with E-state index in [1.165, 1.54) is 13.5 Å². The number of methoxy groups -OCH3 is 1. The molecular weight excluding hydrogens is 220 g/mol. The lowest BCUT2D eigenvalue weighted by Crippen LogP contribution is -2.47. The summed E-state index contributed by atoms with van der Waals surface area (Å²) in [5.74, 6) is -0.495. The highest BCUT2D eigenvalue weighted by molar-refractivity contribution is 5.82. The molecule has 0 aromatic rings. The average molecular weight is 246 g/mol. The molecule has 1 fully saturated rings. The SMILES string of the molecule is C.C.COC(=O)CCC(N)C(=O)NC1CCC1. The molecule has 0 heterocycles. The maximum Gasteiger partial charge on any atom is 0.305 e. The minimum atomic E-state index is -0.607. The predicted molar refractivity (Wildman–Crippen MR) is 68.5 cm³/mol. The fourth-order valence-electron chi connectivity index (χ4n) is 1.37. The van der Waals surface area contributed by atoms with Crippen LogP contribution in [-0.4, -0.2) is 31.1 Å². The number of ether oxygens (including phenoxy) is 1. The first-order valence-corrected chi connectivity index (χ1v) is 5.26. The number of hydrogen-bond donors (Lipinski definition) is 2. The summed E-state index contributed by atoms with van der Waals surface area (Å²) in [4.78, 5) is 22.3. The molecule has 0 saturated heterocycles. The van der Waals surface area contributed by atoms with Crippen LogP contribution in [0.2, 0.25) is 0 Å². The quantitative estimate of drug-likeness (QED) is 0.714. The van der Waals surface area contributed by atoms with Gasteiger partial charge in [0.25, 0.3) is 0 Å². The molecule has 5 heteroatoms. The van der Waals surface area contributed by atoms with Crippen molar-refractivity contribution in [3.05, 3.63) is 0 Å². The van der Waals surface area contributed by atoms with Crippen LogP contribution in [0.5, 0.6) is 0 Å². The summed E-state index contributed by atoms with van der Waals surface area (Å²) in [5, 5.41) is 2.84. The second-order valence-electron chi connectivity index (χ2n) is 3.86. The number of carbonyl (C=O) groups is 2. The van der Waals surface area contributed by atoms with E-state index in [0.717, 1.165) is 12.8 Å². The molecule has 0 aromatic heterocycles. The first-order chi connectivity index (χ1) is 7.13. The topological polar surface area (TPSA) is 81.4 Å². The van der Waals surface area contributed by atoms with E-state index in [2.05, 4.69) is 10.1 Å². The molecule has 102 valence electrons. The van der Waals surface area contributed by atoms with Crippen LogP contribution in [0.3, 0.4) is 0 Å². The zero-order valence-electron chi connectivity index (χ0n) is 8.99. The Morgan fingerprint density at radius 2 is 2.00 bits per heavy atom. The molecule has 1 aliphatic carbocycles. The Labute approximate surface area is 104 Å². The number of esters is 1. The largest absolute Gasteiger partial charge is 0.469 e. The van der Waals surface area contributed by atoms with Crippen molar-refractivity contribution in [2.45, 2.75) is 59.0 Å². The molecular formula is C12H26N2O3. The third kappa shape index (κ3) is 6.26. The Morgan fingerprint density at radius 3 is 2.41 bits per heavy atom. The zero-order valence-corrected chi connectivity index (χ0v) is 8.99. The van der Waals surface area contributed by atoms with Gasteiger partial charge in [-0.3, -0.25) is 9.59 Å². The third-order valence-corrected chi connectivity index (χ3v) is 2.68. The van der Waals surface area contributed by atoms with Crippen LogP contribution >= 0.6 is 0 Å². The van der Waals surface area contributed by atoms with Crippen molar-refractivity contribution in [2.24, 2.45) is 5.73 Å². The number of nitrogens with one attached hydrogen (secondary N) is 1. The van der Waals surface area contributed by atoms with Crippen LogP contribution in [-0.2, 0) is 14.3 Å². The molecule has 1 rings (SSSR count). The summed E-state index contributed by atoms with van der Waals surface area (Å²) in [6.07, 6.45) is 3.77. The Morgan fingerprint density at radius 1 is 1.41 bits per heavy atom. The third-order valence-electron chi connectivity index (χ3n) is 2.68. The summed E-state index contributed by atoms with van der Waals surface area (Å²) in [6, 6.07) is -0.314. The number of rotatable bonds is 5. The number of hydrogen-bond acceptors (Lipinski definition) is 4. The molecule has 0 aromatic carbocycles. The van der Waals surface area contributed by atoms with Crippen molar-refractivity contribution < 1.29 is 14.3 Å². The van der Waals surface area contributed by atoms with Gasteiger partial charge in [0, 0.05) is 12.5 Å². The molecule has 1 unspecified atom stereocenters. The highest BCUT2D eigenvalue weighted by Crippen LogP contribution is 2.18. The Balaban J connectivity index is 0. The molecule has 0 spiro atoms. The van der Waals surface area contributed by atoms with Crippen molar-refractivity contribution in [3.8, 4) is 0 Å². The van der Waals surface area contributed by atoms with Gasteiger partial charge in [0.2, 0.25) is 5.91 Å². The maximum atomic E-state index is 11.5. The summed E-state index contributed by atoms with van der Waals surface area (Å²) < 4.78 is 4.47. The van der Waals surface area contributed by atoms with Gasteiger partial charge in [0.1, 0.15) is 0 Å². The van der Waals surface area contributed by atoms with Gasteiger partial charge in [-0.15, -0.1) is 0 Å². The van der Waals surface area contributed by atoms with Crippen LogP contribution in [0, 0.1) is 0 Å². The van der Waals surface area contributed by atoms with E-state index in [1.54, 1.807) is 0 Å². The lowest BCUT2D eigenvalue weighted by molar-refractivity contribution is -0.140. The van der Waals surface area contributed by atoms with E-state index in [4.69, 9.17) is 5.73 Å². The minimum absolute atomic E-state index is 0. The summed E-state index contributed by atoms with van der Waals surface area (Å²) in [7, 11) is 1.32. The van der Waals surface area contributed by atoms with E-state index in [0.29, 0.717) is 12.5 Å². The summed E-state index contributed by atoms with van der Waals surface area (Å²) in [5.41, 5.74) is 5.63. The van der Waals surface area contributed by atoms with E-state index in [1.807, 2.05) is 0 Å². The maximum absolute atomic E-state index is 11.5. The lowest BCUT2D eigenvalue weighted by atomic mass is 9.93. The molecule has 0 aliphatic heterocycles. The summed E-state index contributed by atoms with van der Waals surface area (Å²) in [6.45, 7) is 0. The van der Waals surface area contributed by atoms with Gasteiger partial charge < -0.3 is 15.8 Å². The molecule has 3 N–H and O–H groups in total. The smallest absolute Gasteiger partial charge is 0.305 e. The molecule has 0 bridgehead atoms. The minimum Gasteiger partial charge on any atom is -0.469 e. The van der Waals surface area contributed by atoms with Crippen LogP contribution in [0.4, 0.5) is 0 Å². The van der Waals surface area contributed by atoms with Crippen LogP contribution in [0.15, 0.2) is 0 Å². The van der Waals surface area contributed by atoms with Crippen LogP contribution < -0.4 is 11.1 Å². The highest BCUT2D eigenvalue weighted by atomic mass is 16.5. The van der Waals surface area contributed by atoms with Gasteiger partial charge in [-0.2, -0.15) is 0 Å². The Bertz CT molecular complexity index is 240. The molecule has 5 nitrogen and oxygen atoms in total. The molecule has 1 aliphatic rings. The summed E-state index contributed by atoms with van der Waals surface area (Å²) >= 11 is 0. The van der Waals surface area contributed by atoms with E-state index in [9.17, 15) is 9.59 Å². The number of nitrogens with two attached hydrogens (primary N) is 1. The normalized spacial score (nSPS) is 15.6. The van der Waals surface area contributed by atoms with Gasteiger partial charge in [0.05, 0.1) is 13.2 Å². The first-order valence-electron chi connectivity index (χ1n) is 5.26. The molecule has 0 radical (unpaired) electrons. The predicted octanol–water partition coefficient (Wildman–Crippen LogP) is 1.21. The van der Waals surface area contributed by atoms with Crippen molar-refractivity contribution in [3.63, 3.8) is 0 Å². The van der Waals surface area contributed by atoms with Gasteiger partial charge in [0.15, 0.2) is 0 Å². The second kappa shape index (κ2) is 8.98. The van der Waals surface area contributed by atoms with Gasteiger partial charge in [-0.05, 0) is 25.7 Å². The molecule has 1 amide bonds. The average Bonchev–Trinajstić information content (AvgIpc) is 2.18. The lowest BCUT2D eigenvalue weighted by Gasteiger charge is -2.27. The van der Waals surface area contributed by atoms with Crippen molar-refractivity contribution in [2.75, 3.05) is 7.11 Å². The number of amides is 1. The second-order valence-corrected chi connectivity index (χ2v) is 3.86. The fraction of sp³-hybridized carbons (Fsp3) is 0.833. The van der Waals surface area contributed by atoms with Crippen LogP contribution in [0.1, 0.15) is 47.0 Å². The fourth-order valence-corrected chi connectivity index (χ4v) is 1.37. The van der Waals surface area contributed by atoms with E-state index < -0.39 is 6.04 Å². The van der Waals surface area contributed by atoms with Gasteiger partial charge >= 0.3 is 5.97 Å². The van der Waals surface area contributed by atoms with E-state index >= 15 is 0 Å². The Kier molecular flexibility index (Phi) is 9.66. The van der Waals surface area contributed by atoms with Crippen molar-refractivity contribution in [1.82, 2.24) is 5.32 Å². The van der Waals surface area contributed by atoms with Crippen molar-refractivity contribution in [1.29, 1.82) is 0 Å².